The Bertz CT molecular complexity index is 1320. The Morgan fingerprint density at radius 3 is 2.73 bits per heavy atom. The summed E-state index contributed by atoms with van der Waals surface area (Å²) in [4.78, 5) is 19.7. The summed E-state index contributed by atoms with van der Waals surface area (Å²) in [5.74, 6) is -1.70. The summed E-state index contributed by atoms with van der Waals surface area (Å²) in [6.45, 7) is 5.78. The summed E-state index contributed by atoms with van der Waals surface area (Å²) < 4.78 is 46.5. The van der Waals surface area contributed by atoms with E-state index < -0.39 is 17.7 Å². The molecule has 1 aromatic heterocycles. The number of nitrogens with zero attached hydrogens (tertiary/aromatic N) is 3. The fourth-order valence-electron chi connectivity index (χ4n) is 5.26. The third kappa shape index (κ3) is 7.17. The van der Waals surface area contributed by atoms with Gasteiger partial charge in [-0.1, -0.05) is 24.3 Å². The molecule has 2 aromatic carbocycles. The molecule has 41 heavy (non-hydrogen) atoms. The van der Waals surface area contributed by atoms with Crippen LogP contribution in [0.5, 0.6) is 5.88 Å². The van der Waals surface area contributed by atoms with E-state index in [0.717, 1.165) is 35.6 Å². The summed E-state index contributed by atoms with van der Waals surface area (Å²) >= 11 is 0. The van der Waals surface area contributed by atoms with E-state index in [2.05, 4.69) is 5.32 Å². The van der Waals surface area contributed by atoms with Crippen LogP contribution in [0.25, 0.3) is 5.69 Å². The van der Waals surface area contributed by atoms with Gasteiger partial charge in [-0.2, -0.15) is 5.06 Å². The van der Waals surface area contributed by atoms with E-state index in [9.17, 15) is 13.6 Å². The van der Waals surface area contributed by atoms with Crippen LogP contribution in [0.2, 0.25) is 0 Å². The highest BCUT2D eigenvalue weighted by Gasteiger charge is 2.37. The van der Waals surface area contributed by atoms with Gasteiger partial charge in [-0.05, 0) is 36.8 Å². The van der Waals surface area contributed by atoms with Crippen LogP contribution in [0, 0.1) is 24.5 Å². The zero-order valence-electron chi connectivity index (χ0n) is 23.4. The maximum absolute atomic E-state index is 14.1. The van der Waals surface area contributed by atoms with Gasteiger partial charge in [0.15, 0.2) is 11.6 Å². The standard InChI is InChI=1S/C30H36F2N4O5/c1-20-28(36(23-6-4-3-5-7-23)34-30(20)40-19-25-17-33-10-12-39-25)16-24(37)14-22-18-35(11-13-38-2)41-29(22)21-8-9-26(31)27(32)15-21/h3-9,15,22,25,29,33H,10-14,16-19H2,1-2H3/t22-,25?,29+/m1/s1. The SMILES string of the molecule is COCCN1C[C@@H](CC(=O)Cc2c(C)c(OCC3CNCCO3)nn2-c2ccccc2)[C@H](c2ccc(F)c(F)c2)O1. The maximum atomic E-state index is 14.1. The van der Waals surface area contributed by atoms with Gasteiger partial charge in [0, 0.05) is 57.6 Å². The number of Topliss-reactive ketones (excluding diaryl/α,β-unsaturated/α-hetero) is 1. The quantitative estimate of drug-likeness (QED) is 0.354. The lowest BCUT2D eigenvalue weighted by Gasteiger charge is -2.23. The molecular formula is C30H36F2N4O5. The largest absolute Gasteiger partial charge is 0.474 e. The second-order valence-electron chi connectivity index (χ2n) is 10.4. The molecule has 11 heteroatoms. The van der Waals surface area contributed by atoms with Crippen molar-refractivity contribution in [3.63, 3.8) is 0 Å². The van der Waals surface area contributed by atoms with Gasteiger partial charge in [-0.25, -0.2) is 13.5 Å². The molecule has 0 saturated carbocycles. The zero-order chi connectivity index (χ0) is 28.8. The van der Waals surface area contributed by atoms with Gasteiger partial charge in [0.1, 0.15) is 24.6 Å². The second kappa shape index (κ2) is 13.6. The lowest BCUT2D eigenvalue weighted by atomic mass is 9.90. The van der Waals surface area contributed by atoms with Crippen LogP contribution in [0.1, 0.15) is 29.3 Å². The first-order valence-electron chi connectivity index (χ1n) is 13.9. The molecular weight excluding hydrogens is 534 g/mol. The number of morpholine rings is 1. The van der Waals surface area contributed by atoms with Crippen molar-refractivity contribution in [3.8, 4) is 11.6 Å². The van der Waals surface area contributed by atoms with Crippen molar-refractivity contribution in [2.45, 2.75) is 32.0 Å². The number of halogens is 2. The Labute approximate surface area is 238 Å². The fraction of sp³-hybridized carbons (Fsp3) is 0.467. The lowest BCUT2D eigenvalue weighted by Crippen LogP contribution is -2.41. The Morgan fingerprint density at radius 2 is 2.00 bits per heavy atom. The molecule has 0 radical (unpaired) electrons. The fourth-order valence-corrected chi connectivity index (χ4v) is 5.26. The van der Waals surface area contributed by atoms with Crippen molar-refractivity contribution in [2.75, 3.05) is 53.1 Å². The number of aromatic nitrogens is 2. The highest BCUT2D eigenvalue weighted by molar-refractivity contribution is 5.81. The molecule has 2 aliphatic heterocycles. The van der Waals surface area contributed by atoms with Gasteiger partial charge in [0.25, 0.3) is 0 Å². The van der Waals surface area contributed by atoms with Gasteiger partial charge in [-0.15, -0.1) is 5.10 Å². The number of ether oxygens (including phenoxy) is 3. The molecule has 0 amide bonds. The normalized spacial score (nSPS) is 21.3. The predicted molar refractivity (Wildman–Crippen MR) is 147 cm³/mol. The van der Waals surface area contributed by atoms with Crippen molar-refractivity contribution < 1.29 is 32.6 Å². The summed E-state index contributed by atoms with van der Waals surface area (Å²) in [7, 11) is 1.60. The Kier molecular flexibility index (Phi) is 9.73. The lowest BCUT2D eigenvalue weighted by molar-refractivity contribution is -0.155. The minimum Gasteiger partial charge on any atom is -0.474 e. The first kappa shape index (κ1) is 29.3. The Morgan fingerprint density at radius 1 is 1.17 bits per heavy atom. The molecule has 0 aliphatic carbocycles. The first-order chi connectivity index (χ1) is 19.9. The van der Waals surface area contributed by atoms with E-state index in [-0.39, 0.29) is 30.6 Å². The van der Waals surface area contributed by atoms with E-state index in [0.29, 0.717) is 50.9 Å². The molecule has 2 saturated heterocycles. The molecule has 3 atom stereocenters. The number of carbonyl (C=O) groups excluding carboxylic acids is 1. The number of para-hydroxylation sites is 1. The number of carbonyl (C=O) groups is 1. The number of methoxy groups -OCH3 is 1. The number of hydrogen-bond acceptors (Lipinski definition) is 8. The molecule has 220 valence electrons. The number of rotatable bonds is 12. The predicted octanol–water partition coefficient (Wildman–Crippen LogP) is 3.58. The Hall–Kier alpha value is -3.22. The molecule has 3 heterocycles. The summed E-state index contributed by atoms with van der Waals surface area (Å²) in [5, 5.41) is 9.73. The third-order valence-corrected chi connectivity index (χ3v) is 7.41. The van der Waals surface area contributed by atoms with E-state index in [4.69, 9.17) is 24.1 Å². The summed E-state index contributed by atoms with van der Waals surface area (Å²) in [6, 6.07) is 13.3. The summed E-state index contributed by atoms with van der Waals surface area (Å²) in [6.07, 6.45) is -0.358. The third-order valence-electron chi connectivity index (χ3n) is 7.41. The number of hydrogen-bond donors (Lipinski definition) is 1. The smallest absolute Gasteiger partial charge is 0.236 e. The topological polar surface area (TPSA) is 87.1 Å². The van der Waals surface area contributed by atoms with E-state index in [1.165, 1.54) is 6.07 Å². The van der Waals surface area contributed by atoms with E-state index in [1.807, 2.05) is 37.3 Å². The Balaban J connectivity index is 1.34. The highest BCUT2D eigenvalue weighted by atomic mass is 19.2. The molecule has 1 N–H and O–H groups in total. The average molecular weight is 571 g/mol. The zero-order valence-corrected chi connectivity index (χ0v) is 23.4. The van der Waals surface area contributed by atoms with Crippen LogP contribution >= 0.6 is 0 Å². The van der Waals surface area contributed by atoms with Crippen molar-refractivity contribution in [1.82, 2.24) is 20.2 Å². The van der Waals surface area contributed by atoms with Crippen molar-refractivity contribution in [3.05, 3.63) is 77.0 Å². The van der Waals surface area contributed by atoms with Crippen LogP contribution in [-0.4, -0.2) is 79.8 Å². The van der Waals surface area contributed by atoms with Crippen LogP contribution in [-0.2, 0) is 25.5 Å². The van der Waals surface area contributed by atoms with Crippen LogP contribution in [0.15, 0.2) is 48.5 Å². The second-order valence-corrected chi connectivity index (χ2v) is 10.4. The first-order valence-corrected chi connectivity index (χ1v) is 13.9. The van der Waals surface area contributed by atoms with E-state index >= 15 is 0 Å². The minimum atomic E-state index is -0.948. The molecule has 1 unspecified atom stereocenters. The monoisotopic (exact) mass is 570 g/mol. The van der Waals surface area contributed by atoms with E-state index in [1.54, 1.807) is 16.9 Å². The van der Waals surface area contributed by atoms with Crippen molar-refractivity contribution in [1.29, 1.82) is 0 Å². The van der Waals surface area contributed by atoms with Crippen molar-refractivity contribution >= 4 is 5.78 Å². The minimum absolute atomic E-state index is 0.0219. The molecule has 9 nitrogen and oxygen atoms in total. The molecule has 2 aliphatic rings. The van der Waals surface area contributed by atoms with Crippen LogP contribution < -0.4 is 10.1 Å². The molecule has 2 fully saturated rings. The van der Waals surface area contributed by atoms with Crippen LogP contribution in [0.3, 0.4) is 0 Å². The van der Waals surface area contributed by atoms with Gasteiger partial charge < -0.3 is 19.5 Å². The maximum Gasteiger partial charge on any atom is 0.236 e. The number of benzene rings is 2. The van der Waals surface area contributed by atoms with Gasteiger partial charge in [0.05, 0.1) is 24.6 Å². The van der Waals surface area contributed by atoms with Gasteiger partial charge >= 0.3 is 0 Å². The number of hydroxylamine groups is 2. The number of nitrogens with one attached hydrogen (secondary N) is 1. The van der Waals surface area contributed by atoms with Gasteiger partial charge in [0.2, 0.25) is 5.88 Å². The molecule has 3 aromatic rings. The number of ketones is 1. The molecule has 0 bridgehead atoms. The van der Waals surface area contributed by atoms with Gasteiger partial charge in [-0.3, -0.25) is 9.63 Å². The average Bonchev–Trinajstić information content (AvgIpc) is 3.53. The van der Waals surface area contributed by atoms with Crippen LogP contribution in [0.4, 0.5) is 8.78 Å². The molecule has 5 rings (SSSR count). The highest BCUT2D eigenvalue weighted by Crippen LogP contribution is 2.37. The summed E-state index contributed by atoms with van der Waals surface area (Å²) in [5.41, 5.74) is 2.83. The molecule has 0 spiro atoms. The van der Waals surface area contributed by atoms with Crippen molar-refractivity contribution in [2.24, 2.45) is 5.92 Å².